The number of phenols is 1. The number of hydrogen-bond donors (Lipinski definition) is 1. The standard InChI is InChI=1S/C52H38N3O2.Pt/c1-52(2,3)38-25-26-45(42(30-38)34-17-8-5-9-18-34)55-46-22-14-21-39(50(46)54-51(55)41-20-10-12-23-47(41)56)36-27-35(33-15-6-4-7-16-33)28-37(29-36)44-31-43-40-19-11-13-24-48(40)57-49(43)32-53-44;/h4-28,30-32,56H,1-3H3;/q-1;. The number of pyridine rings is 1. The first kappa shape index (κ1) is 37.0. The van der Waals surface area contributed by atoms with Crippen LogP contribution in [-0.2, 0) is 26.5 Å². The molecule has 0 saturated heterocycles. The SMILES string of the molecule is CC(C)(C)c1ccc(-n2c(-c3ccccc3O)nc3c(-c4[c-]c(-c5cc6c(cn5)oc5ccccc56)cc(-c5ccccc5)c4)cccc32)c(-c2ccccc2)c1.[Pt]. The molecule has 284 valence electrons. The summed E-state index contributed by atoms with van der Waals surface area (Å²) in [5, 5.41) is 13.4. The normalized spacial score (nSPS) is 11.6. The van der Waals surface area contributed by atoms with Crippen molar-refractivity contribution in [3.8, 4) is 67.5 Å². The number of hydrogen-bond acceptors (Lipinski definition) is 4. The van der Waals surface area contributed by atoms with Crippen molar-refractivity contribution in [2.24, 2.45) is 0 Å². The number of furan rings is 1. The van der Waals surface area contributed by atoms with E-state index in [1.807, 2.05) is 54.7 Å². The number of benzene rings is 7. The molecule has 0 saturated carbocycles. The van der Waals surface area contributed by atoms with Crippen molar-refractivity contribution in [2.75, 3.05) is 0 Å². The number of aromatic hydroxyl groups is 1. The van der Waals surface area contributed by atoms with E-state index >= 15 is 0 Å². The number of aromatic nitrogens is 3. The Morgan fingerprint density at radius 3 is 2.05 bits per heavy atom. The van der Waals surface area contributed by atoms with Crippen molar-refractivity contribution in [1.82, 2.24) is 14.5 Å². The maximum absolute atomic E-state index is 11.4. The minimum atomic E-state index is -0.0613. The minimum Gasteiger partial charge on any atom is -0.507 e. The zero-order valence-electron chi connectivity index (χ0n) is 32.2. The Labute approximate surface area is 351 Å². The Morgan fingerprint density at radius 2 is 1.28 bits per heavy atom. The second kappa shape index (κ2) is 14.8. The van der Waals surface area contributed by atoms with Crippen molar-refractivity contribution < 1.29 is 30.6 Å². The van der Waals surface area contributed by atoms with Crippen molar-refractivity contribution in [2.45, 2.75) is 26.2 Å². The summed E-state index contributed by atoms with van der Waals surface area (Å²) >= 11 is 0. The number of fused-ring (bicyclic) bond motifs is 4. The van der Waals surface area contributed by atoms with E-state index < -0.39 is 0 Å². The molecule has 10 aromatic rings. The van der Waals surface area contributed by atoms with Gasteiger partial charge in [-0.1, -0.05) is 153 Å². The molecule has 10 rings (SSSR count). The smallest absolute Gasteiger partial charge is 0.152 e. The maximum atomic E-state index is 11.4. The summed E-state index contributed by atoms with van der Waals surface area (Å²) in [6, 6.07) is 59.6. The van der Waals surface area contributed by atoms with Gasteiger partial charge in [-0.25, -0.2) is 4.98 Å². The molecular formula is C52H38N3O2Pt-. The first-order chi connectivity index (χ1) is 27.8. The molecule has 0 aliphatic heterocycles. The Bertz CT molecular complexity index is 3120. The summed E-state index contributed by atoms with van der Waals surface area (Å²) < 4.78 is 8.33. The molecule has 5 nitrogen and oxygen atoms in total. The first-order valence-electron chi connectivity index (χ1n) is 19.2. The molecule has 6 heteroatoms. The molecule has 0 amide bonds. The largest absolute Gasteiger partial charge is 0.507 e. The fourth-order valence-electron chi connectivity index (χ4n) is 7.88. The molecule has 58 heavy (non-hydrogen) atoms. The molecule has 0 atom stereocenters. The van der Waals surface area contributed by atoms with Crippen LogP contribution in [0, 0.1) is 6.07 Å². The third-order valence-electron chi connectivity index (χ3n) is 10.8. The third-order valence-corrected chi connectivity index (χ3v) is 10.8. The summed E-state index contributed by atoms with van der Waals surface area (Å²) in [7, 11) is 0. The van der Waals surface area contributed by atoms with Gasteiger partial charge >= 0.3 is 0 Å². The predicted octanol–water partition coefficient (Wildman–Crippen LogP) is 13.5. The zero-order chi connectivity index (χ0) is 38.7. The van der Waals surface area contributed by atoms with Crippen LogP contribution in [0.4, 0.5) is 0 Å². The third kappa shape index (κ3) is 6.52. The van der Waals surface area contributed by atoms with E-state index in [1.165, 1.54) is 5.56 Å². The van der Waals surface area contributed by atoms with Gasteiger partial charge in [0.25, 0.3) is 0 Å². The number of imidazole rings is 1. The first-order valence-corrected chi connectivity index (χ1v) is 19.2. The van der Waals surface area contributed by atoms with Crippen molar-refractivity contribution in [3.63, 3.8) is 0 Å². The van der Waals surface area contributed by atoms with Gasteiger partial charge in [0.2, 0.25) is 0 Å². The summed E-state index contributed by atoms with van der Waals surface area (Å²) in [4.78, 5) is 10.3. The van der Waals surface area contributed by atoms with Crippen LogP contribution in [0.2, 0.25) is 0 Å². The molecular weight excluding hydrogens is 894 g/mol. The molecule has 0 aliphatic rings. The number of rotatable bonds is 6. The van der Waals surface area contributed by atoms with Crippen LogP contribution in [0.5, 0.6) is 5.75 Å². The van der Waals surface area contributed by atoms with Crippen LogP contribution < -0.4 is 0 Å². The molecule has 0 unspecified atom stereocenters. The zero-order valence-corrected chi connectivity index (χ0v) is 34.5. The molecule has 3 heterocycles. The summed E-state index contributed by atoms with van der Waals surface area (Å²) in [5.74, 6) is 0.811. The van der Waals surface area contributed by atoms with Gasteiger partial charge in [0.15, 0.2) is 5.58 Å². The van der Waals surface area contributed by atoms with Crippen LogP contribution in [0.25, 0.3) is 94.7 Å². The van der Waals surface area contributed by atoms with Crippen molar-refractivity contribution in [3.05, 3.63) is 182 Å². The average Bonchev–Trinajstić information content (AvgIpc) is 3.82. The molecule has 0 fully saturated rings. The van der Waals surface area contributed by atoms with Crippen molar-refractivity contribution >= 4 is 33.0 Å². The molecule has 0 spiro atoms. The van der Waals surface area contributed by atoms with E-state index in [1.54, 1.807) is 6.07 Å². The molecule has 3 aromatic heterocycles. The van der Waals surface area contributed by atoms with E-state index in [4.69, 9.17) is 14.4 Å². The van der Waals surface area contributed by atoms with Gasteiger partial charge in [-0.15, -0.1) is 23.8 Å². The summed E-state index contributed by atoms with van der Waals surface area (Å²) in [6.45, 7) is 6.72. The minimum absolute atomic E-state index is 0. The van der Waals surface area contributed by atoms with Crippen LogP contribution >= 0.6 is 0 Å². The number of phenolic OH excluding ortho intramolecular Hbond substituents is 1. The van der Waals surface area contributed by atoms with E-state index in [0.717, 1.165) is 83.3 Å². The van der Waals surface area contributed by atoms with Gasteiger partial charge in [0, 0.05) is 43.1 Å². The number of para-hydroxylation sites is 3. The van der Waals surface area contributed by atoms with Gasteiger partial charge in [-0.05, 0) is 58.5 Å². The monoisotopic (exact) mass is 931 g/mol. The molecule has 0 radical (unpaired) electrons. The summed E-state index contributed by atoms with van der Waals surface area (Å²) in [6.07, 6.45) is 1.81. The van der Waals surface area contributed by atoms with E-state index in [0.29, 0.717) is 11.4 Å². The predicted molar refractivity (Wildman–Crippen MR) is 233 cm³/mol. The fourth-order valence-corrected chi connectivity index (χ4v) is 7.88. The Hall–Kier alpha value is -6.55. The second-order valence-corrected chi connectivity index (χ2v) is 15.5. The topological polar surface area (TPSA) is 64.1 Å². The van der Waals surface area contributed by atoms with E-state index in [2.05, 4.69) is 141 Å². The molecule has 0 aliphatic carbocycles. The molecule has 7 aromatic carbocycles. The number of nitrogens with zero attached hydrogens (tertiary/aromatic N) is 3. The maximum Gasteiger partial charge on any atom is 0.152 e. The van der Waals surface area contributed by atoms with Gasteiger partial charge in [-0.3, -0.25) is 9.55 Å². The van der Waals surface area contributed by atoms with Gasteiger partial charge in [-0.2, -0.15) is 0 Å². The van der Waals surface area contributed by atoms with Gasteiger partial charge < -0.3 is 9.52 Å². The average molecular weight is 932 g/mol. The van der Waals surface area contributed by atoms with Crippen LogP contribution in [0.3, 0.4) is 0 Å². The van der Waals surface area contributed by atoms with Crippen LogP contribution in [-0.4, -0.2) is 19.6 Å². The Kier molecular flexibility index (Phi) is 9.42. The fraction of sp³-hybridized carbons (Fsp3) is 0.0769. The Balaban J connectivity index is 0.00000436. The van der Waals surface area contributed by atoms with Gasteiger partial charge in [0.05, 0.1) is 28.5 Å². The molecule has 0 bridgehead atoms. The van der Waals surface area contributed by atoms with Gasteiger partial charge in [0.1, 0.15) is 17.2 Å². The van der Waals surface area contributed by atoms with Crippen molar-refractivity contribution in [1.29, 1.82) is 0 Å². The van der Waals surface area contributed by atoms with E-state index in [9.17, 15) is 5.11 Å². The summed E-state index contributed by atoms with van der Waals surface area (Å²) in [5.41, 5.74) is 13.9. The second-order valence-electron chi connectivity index (χ2n) is 15.5. The molecule has 1 N–H and O–H groups in total. The Morgan fingerprint density at radius 1 is 0.586 bits per heavy atom. The van der Waals surface area contributed by atoms with Crippen LogP contribution in [0.15, 0.2) is 174 Å². The van der Waals surface area contributed by atoms with E-state index in [-0.39, 0.29) is 32.2 Å². The van der Waals surface area contributed by atoms with Crippen LogP contribution in [0.1, 0.15) is 26.3 Å². The quantitative estimate of drug-likeness (QED) is 0.169.